The quantitative estimate of drug-likeness (QED) is 0.451. The Hall–Kier alpha value is -2.95. The molecule has 0 radical (unpaired) electrons. The number of amides is 1. The summed E-state index contributed by atoms with van der Waals surface area (Å²) in [5.41, 5.74) is 0.787. The Kier molecular flexibility index (Phi) is 9.33. The van der Waals surface area contributed by atoms with Gasteiger partial charge in [-0.25, -0.2) is 18.0 Å². The Bertz CT molecular complexity index is 1270. The smallest absolute Gasteiger partial charge is 0.407 e. The summed E-state index contributed by atoms with van der Waals surface area (Å²) in [4.78, 5) is 24.9. The molecule has 2 aromatic carbocycles. The Morgan fingerprint density at radius 1 is 1.11 bits per heavy atom. The molecule has 0 aromatic heterocycles. The van der Waals surface area contributed by atoms with Gasteiger partial charge in [0.05, 0.1) is 10.5 Å². The SMILES string of the molecule is C=C(COC(=O)c1ccccc1)C1=CCC(NC(=O)OC(C)(C)C)CN(S(=O)(=O)c2ccc(Br)cc2)C1. The molecule has 10 heteroatoms. The van der Waals surface area contributed by atoms with Crippen molar-refractivity contribution in [2.45, 2.75) is 43.7 Å². The van der Waals surface area contributed by atoms with E-state index in [9.17, 15) is 18.0 Å². The molecule has 37 heavy (non-hydrogen) atoms. The Morgan fingerprint density at radius 2 is 1.76 bits per heavy atom. The fourth-order valence-corrected chi connectivity index (χ4v) is 5.33. The van der Waals surface area contributed by atoms with Crippen LogP contribution in [0.15, 0.2) is 87.8 Å². The lowest BCUT2D eigenvalue weighted by Gasteiger charge is -2.27. The van der Waals surface area contributed by atoms with Gasteiger partial charge in [0, 0.05) is 23.6 Å². The third-order valence-corrected chi connectivity index (χ3v) is 7.79. The molecule has 8 nitrogen and oxygen atoms in total. The van der Waals surface area contributed by atoms with Crippen molar-refractivity contribution in [1.82, 2.24) is 9.62 Å². The van der Waals surface area contributed by atoms with Crippen LogP contribution >= 0.6 is 15.9 Å². The number of esters is 1. The largest absolute Gasteiger partial charge is 0.457 e. The summed E-state index contributed by atoms with van der Waals surface area (Å²) in [5, 5.41) is 2.77. The highest BCUT2D eigenvalue weighted by atomic mass is 79.9. The van der Waals surface area contributed by atoms with Crippen molar-refractivity contribution >= 4 is 38.0 Å². The van der Waals surface area contributed by atoms with Gasteiger partial charge in [-0.15, -0.1) is 0 Å². The molecule has 1 aliphatic rings. The molecule has 1 amide bonds. The van der Waals surface area contributed by atoms with Crippen LogP contribution in [0.25, 0.3) is 0 Å². The highest BCUT2D eigenvalue weighted by Gasteiger charge is 2.32. The first-order valence-electron chi connectivity index (χ1n) is 11.7. The first-order chi connectivity index (χ1) is 17.3. The van der Waals surface area contributed by atoms with E-state index in [1.807, 2.05) is 6.08 Å². The highest BCUT2D eigenvalue weighted by molar-refractivity contribution is 9.10. The predicted molar refractivity (Wildman–Crippen MR) is 145 cm³/mol. The number of nitrogens with one attached hydrogen (secondary N) is 1. The normalized spacial score (nSPS) is 16.8. The molecular formula is C27H31BrN2O6S. The molecule has 0 saturated carbocycles. The van der Waals surface area contributed by atoms with Gasteiger partial charge in [0.1, 0.15) is 12.2 Å². The second-order valence-electron chi connectivity index (χ2n) is 9.61. The van der Waals surface area contributed by atoms with Gasteiger partial charge >= 0.3 is 12.1 Å². The molecule has 1 unspecified atom stereocenters. The van der Waals surface area contributed by atoms with Crippen LogP contribution in [-0.4, -0.2) is 56.1 Å². The molecule has 1 aliphatic heterocycles. The van der Waals surface area contributed by atoms with E-state index in [0.29, 0.717) is 23.1 Å². The molecule has 1 heterocycles. The summed E-state index contributed by atoms with van der Waals surface area (Å²) in [6, 6.07) is 14.4. The van der Waals surface area contributed by atoms with Gasteiger partial charge in [-0.2, -0.15) is 4.31 Å². The highest BCUT2D eigenvalue weighted by Crippen LogP contribution is 2.25. The van der Waals surface area contributed by atoms with E-state index < -0.39 is 33.7 Å². The molecule has 0 aliphatic carbocycles. The number of hydrogen-bond acceptors (Lipinski definition) is 6. The van der Waals surface area contributed by atoms with E-state index in [2.05, 4.69) is 27.8 Å². The van der Waals surface area contributed by atoms with Crippen LogP contribution in [0, 0.1) is 0 Å². The fraction of sp³-hybridized carbons (Fsp3) is 0.333. The maximum absolute atomic E-state index is 13.6. The molecule has 1 atom stereocenters. The molecule has 0 saturated heterocycles. The number of hydrogen-bond donors (Lipinski definition) is 1. The van der Waals surface area contributed by atoms with Gasteiger partial charge in [0.15, 0.2) is 0 Å². The fourth-order valence-electron chi connectivity index (χ4n) is 3.60. The third kappa shape index (κ3) is 8.28. The lowest BCUT2D eigenvalue weighted by molar-refractivity contribution is 0.0498. The molecule has 0 fully saturated rings. The average molecular weight is 592 g/mol. The number of halogens is 1. The Labute approximate surface area is 226 Å². The zero-order valence-electron chi connectivity index (χ0n) is 21.1. The molecule has 3 rings (SSSR count). The number of carbonyl (C=O) groups is 2. The summed E-state index contributed by atoms with van der Waals surface area (Å²) in [7, 11) is -3.92. The van der Waals surface area contributed by atoms with Crippen molar-refractivity contribution in [3.63, 3.8) is 0 Å². The predicted octanol–water partition coefficient (Wildman–Crippen LogP) is 5.08. The number of carbonyl (C=O) groups excluding carboxylic acids is 2. The first-order valence-corrected chi connectivity index (χ1v) is 13.9. The molecule has 198 valence electrons. The number of nitrogens with zero attached hydrogens (tertiary/aromatic N) is 1. The van der Waals surface area contributed by atoms with Crippen LogP contribution in [-0.2, 0) is 19.5 Å². The van der Waals surface area contributed by atoms with E-state index in [-0.39, 0.29) is 24.6 Å². The van der Waals surface area contributed by atoms with Crippen LogP contribution in [0.2, 0.25) is 0 Å². The van der Waals surface area contributed by atoms with Crippen molar-refractivity contribution in [3.8, 4) is 0 Å². The van der Waals surface area contributed by atoms with Gasteiger partial charge in [0.25, 0.3) is 0 Å². The van der Waals surface area contributed by atoms with Crippen LogP contribution in [0.4, 0.5) is 4.79 Å². The van der Waals surface area contributed by atoms with Gasteiger partial charge in [0.2, 0.25) is 10.0 Å². The van der Waals surface area contributed by atoms with Crippen molar-refractivity contribution in [2.24, 2.45) is 0 Å². The minimum Gasteiger partial charge on any atom is -0.457 e. The second kappa shape index (κ2) is 12.1. The molecule has 0 bridgehead atoms. The maximum atomic E-state index is 13.6. The summed E-state index contributed by atoms with van der Waals surface area (Å²) in [6.07, 6.45) is 1.52. The number of rotatable bonds is 7. The zero-order chi connectivity index (χ0) is 27.2. The second-order valence-corrected chi connectivity index (χ2v) is 12.5. The van der Waals surface area contributed by atoms with Crippen molar-refractivity contribution in [2.75, 3.05) is 19.7 Å². The summed E-state index contributed by atoms with van der Waals surface area (Å²) < 4.78 is 39.9. The summed E-state index contributed by atoms with van der Waals surface area (Å²) >= 11 is 3.32. The average Bonchev–Trinajstić information content (AvgIpc) is 3.05. The topological polar surface area (TPSA) is 102 Å². The van der Waals surface area contributed by atoms with Crippen LogP contribution < -0.4 is 5.32 Å². The molecule has 1 N–H and O–H groups in total. The van der Waals surface area contributed by atoms with E-state index >= 15 is 0 Å². The van der Waals surface area contributed by atoms with Gasteiger partial charge in [-0.05, 0) is 74.7 Å². The number of sulfonamides is 1. The van der Waals surface area contributed by atoms with E-state index in [0.717, 1.165) is 4.47 Å². The van der Waals surface area contributed by atoms with E-state index in [1.54, 1.807) is 63.2 Å². The summed E-state index contributed by atoms with van der Waals surface area (Å²) in [5.74, 6) is -0.500. The van der Waals surface area contributed by atoms with E-state index in [1.165, 1.54) is 16.4 Å². The van der Waals surface area contributed by atoms with Crippen molar-refractivity contribution in [1.29, 1.82) is 0 Å². The lowest BCUT2D eigenvalue weighted by atomic mass is 10.1. The van der Waals surface area contributed by atoms with Crippen LogP contribution in [0.5, 0.6) is 0 Å². The number of alkyl carbamates (subject to hydrolysis) is 1. The third-order valence-electron chi connectivity index (χ3n) is 5.43. The molecule has 0 spiro atoms. The minimum atomic E-state index is -3.92. The standard InChI is InChI=1S/C27H31BrN2O6S/c1-19(18-35-25(31)20-8-6-5-7-9-20)21-10-13-23(29-26(32)36-27(2,3)4)17-30(16-21)37(33,34)24-14-11-22(28)12-15-24/h5-12,14-15,23H,1,13,16-18H2,2-4H3,(H,29,32). The maximum Gasteiger partial charge on any atom is 0.407 e. The van der Waals surface area contributed by atoms with Gasteiger partial charge in [-0.3, -0.25) is 0 Å². The van der Waals surface area contributed by atoms with Crippen LogP contribution in [0.1, 0.15) is 37.6 Å². The minimum absolute atomic E-state index is 0.00656. The van der Waals surface area contributed by atoms with Gasteiger partial charge in [-0.1, -0.05) is 46.8 Å². The number of benzene rings is 2. The van der Waals surface area contributed by atoms with Crippen molar-refractivity contribution < 1.29 is 27.5 Å². The van der Waals surface area contributed by atoms with Crippen LogP contribution in [0.3, 0.4) is 0 Å². The number of ether oxygens (including phenoxy) is 2. The lowest BCUT2D eigenvalue weighted by Crippen LogP contribution is -2.46. The van der Waals surface area contributed by atoms with Gasteiger partial charge < -0.3 is 14.8 Å². The van der Waals surface area contributed by atoms with E-state index in [4.69, 9.17) is 9.47 Å². The first kappa shape index (κ1) is 28.6. The zero-order valence-corrected chi connectivity index (χ0v) is 23.5. The Morgan fingerprint density at radius 3 is 2.38 bits per heavy atom. The summed E-state index contributed by atoms with van der Waals surface area (Å²) in [6.45, 7) is 9.22. The molecular weight excluding hydrogens is 560 g/mol. The monoisotopic (exact) mass is 590 g/mol. The molecule has 2 aromatic rings. The Balaban J connectivity index is 1.81. The van der Waals surface area contributed by atoms with Crippen molar-refractivity contribution in [3.05, 3.63) is 88.4 Å².